The number of unbranched alkanes of at least 4 members (excludes halogenated alkanes) is 1. The van der Waals surface area contributed by atoms with Gasteiger partial charge in [-0.15, -0.1) is 0 Å². The van der Waals surface area contributed by atoms with E-state index >= 15 is 0 Å². The zero-order chi connectivity index (χ0) is 11.3. The summed E-state index contributed by atoms with van der Waals surface area (Å²) in [6.45, 7) is 6.03. The molecule has 1 unspecified atom stereocenters. The fraction of sp³-hybridized carbons (Fsp3) is 0.818. The molecule has 1 fully saturated rings. The van der Waals surface area contributed by atoms with E-state index in [0.29, 0.717) is 19.5 Å². The van der Waals surface area contributed by atoms with Gasteiger partial charge in [0, 0.05) is 26.1 Å². The van der Waals surface area contributed by atoms with Crippen LogP contribution in [-0.4, -0.2) is 36.3 Å². The molecule has 1 heterocycles. The second-order valence-electron chi connectivity index (χ2n) is 3.99. The number of carbonyl (C=O) groups is 2. The lowest BCUT2D eigenvalue weighted by atomic mass is 10.1. The van der Waals surface area contributed by atoms with E-state index in [1.165, 1.54) is 0 Å². The van der Waals surface area contributed by atoms with Gasteiger partial charge in [-0.2, -0.15) is 0 Å². The topological polar surface area (TPSA) is 49.4 Å². The second-order valence-corrected chi connectivity index (χ2v) is 3.99. The van der Waals surface area contributed by atoms with E-state index in [1.54, 1.807) is 0 Å². The highest BCUT2D eigenvalue weighted by Gasteiger charge is 2.33. The Morgan fingerprint density at radius 3 is 2.87 bits per heavy atom. The lowest BCUT2D eigenvalue weighted by Crippen LogP contribution is -2.33. The molecule has 0 aromatic heterocycles. The highest BCUT2D eigenvalue weighted by atomic mass is 16.2. The summed E-state index contributed by atoms with van der Waals surface area (Å²) < 4.78 is 0. The first-order valence-electron chi connectivity index (χ1n) is 5.74. The number of likely N-dealkylation sites (tertiary alicyclic amines) is 1. The van der Waals surface area contributed by atoms with E-state index in [2.05, 4.69) is 12.2 Å². The number of amides is 2. The zero-order valence-corrected chi connectivity index (χ0v) is 9.58. The zero-order valence-electron chi connectivity index (χ0n) is 9.58. The van der Waals surface area contributed by atoms with Crippen molar-refractivity contribution in [3.05, 3.63) is 0 Å². The van der Waals surface area contributed by atoms with Gasteiger partial charge in [-0.3, -0.25) is 9.59 Å². The quantitative estimate of drug-likeness (QED) is 0.732. The summed E-state index contributed by atoms with van der Waals surface area (Å²) in [4.78, 5) is 24.9. The summed E-state index contributed by atoms with van der Waals surface area (Å²) in [5.41, 5.74) is 0. The van der Waals surface area contributed by atoms with Crippen LogP contribution in [0.15, 0.2) is 0 Å². The monoisotopic (exact) mass is 212 g/mol. The Morgan fingerprint density at radius 1 is 1.53 bits per heavy atom. The SMILES string of the molecule is CCCCN1CC(C(=O)NCC)CC1=O. The number of hydrogen-bond acceptors (Lipinski definition) is 2. The van der Waals surface area contributed by atoms with E-state index in [-0.39, 0.29) is 17.7 Å². The highest BCUT2D eigenvalue weighted by Crippen LogP contribution is 2.18. The van der Waals surface area contributed by atoms with Gasteiger partial charge in [-0.25, -0.2) is 0 Å². The third-order valence-electron chi connectivity index (χ3n) is 2.72. The Hall–Kier alpha value is -1.06. The van der Waals surface area contributed by atoms with Gasteiger partial charge >= 0.3 is 0 Å². The maximum absolute atomic E-state index is 11.5. The third-order valence-corrected chi connectivity index (χ3v) is 2.72. The van der Waals surface area contributed by atoms with E-state index < -0.39 is 0 Å². The molecule has 86 valence electrons. The highest BCUT2D eigenvalue weighted by molar-refractivity contribution is 5.89. The average molecular weight is 212 g/mol. The molecule has 4 nitrogen and oxygen atoms in total. The van der Waals surface area contributed by atoms with Crippen molar-refractivity contribution >= 4 is 11.8 Å². The largest absolute Gasteiger partial charge is 0.356 e. The summed E-state index contributed by atoms with van der Waals surface area (Å²) in [5, 5.41) is 2.77. The molecule has 1 atom stereocenters. The van der Waals surface area contributed by atoms with E-state index in [0.717, 1.165) is 19.4 Å². The summed E-state index contributed by atoms with van der Waals surface area (Å²) in [7, 11) is 0. The minimum absolute atomic E-state index is 0.0184. The molecule has 1 N–H and O–H groups in total. The van der Waals surface area contributed by atoms with Gasteiger partial charge < -0.3 is 10.2 Å². The van der Waals surface area contributed by atoms with E-state index in [9.17, 15) is 9.59 Å². The van der Waals surface area contributed by atoms with Crippen LogP contribution in [0, 0.1) is 5.92 Å². The number of carbonyl (C=O) groups excluding carboxylic acids is 2. The Kier molecular flexibility index (Phi) is 4.59. The van der Waals surface area contributed by atoms with Crippen molar-refractivity contribution in [3.63, 3.8) is 0 Å². The van der Waals surface area contributed by atoms with Gasteiger partial charge in [0.05, 0.1) is 5.92 Å². The number of rotatable bonds is 5. The van der Waals surface area contributed by atoms with Crippen LogP contribution >= 0.6 is 0 Å². The summed E-state index contributed by atoms with van der Waals surface area (Å²) in [6.07, 6.45) is 2.49. The molecule has 0 aliphatic carbocycles. The normalized spacial score (nSPS) is 20.8. The fourth-order valence-corrected chi connectivity index (χ4v) is 1.83. The maximum Gasteiger partial charge on any atom is 0.225 e. The molecule has 1 aliphatic rings. The third kappa shape index (κ3) is 3.22. The molecular weight excluding hydrogens is 192 g/mol. The molecule has 0 bridgehead atoms. The first-order chi connectivity index (χ1) is 7.19. The Labute approximate surface area is 91.0 Å². The van der Waals surface area contributed by atoms with Gasteiger partial charge in [0.2, 0.25) is 11.8 Å². The van der Waals surface area contributed by atoms with Gasteiger partial charge in [0.1, 0.15) is 0 Å². The molecule has 4 heteroatoms. The van der Waals surface area contributed by atoms with Gasteiger partial charge in [-0.05, 0) is 13.3 Å². The molecule has 1 saturated heterocycles. The van der Waals surface area contributed by atoms with Crippen molar-refractivity contribution in [2.75, 3.05) is 19.6 Å². The predicted molar refractivity (Wildman–Crippen MR) is 58.3 cm³/mol. The summed E-state index contributed by atoms with van der Waals surface area (Å²) in [6, 6.07) is 0. The Morgan fingerprint density at radius 2 is 2.27 bits per heavy atom. The van der Waals surface area contributed by atoms with Crippen LogP contribution in [0.1, 0.15) is 33.1 Å². The molecular formula is C11H20N2O2. The van der Waals surface area contributed by atoms with Crippen LogP contribution in [-0.2, 0) is 9.59 Å². The van der Waals surface area contributed by atoms with Crippen LogP contribution in [0.3, 0.4) is 0 Å². The van der Waals surface area contributed by atoms with Gasteiger partial charge in [-0.1, -0.05) is 13.3 Å². The molecule has 15 heavy (non-hydrogen) atoms. The van der Waals surface area contributed by atoms with Crippen molar-refractivity contribution in [1.29, 1.82) is 0 Å². The minimum Gasteiger partial charge on any atom is -0.356 e. The van der Waals surface area contributed by atoms with Gasteiger partial charge in [0.25, 0.3) is 0 Å². The van der Waals surface area contributed by atoms with Crippen molar-refractivity contribution in [2.24, 2.45) is 5.92 Å². The van der Waals surface area contributed by atoms with Crippen molar-refractivity contribution in [2.45, 2.75) is 33.1 Å². The minimum atomic E-state index is -0.130. The molecule has 0 spiro atoms. The van der Waals surface area contributed by atoms with Crippen LogP contribution in [0.2, 0.25) is 0 Å². The lowest BCUT2D eigenvalue weighted by Gasteiger charge is -2.15. The lowest BCUT2D eigenvalue weighted by molar-refractivity contribution is -0.129. The standard InChI is InChI=1S/C11H20N2O2/c1-3-5-6-13-8-9(7-10(13)14)11(15)12-4-2/h9H,3-8H2,1-2H3,(H,12,15). The smallest absolute Gasteiger partial charge is 0.225 e. The first kappa shape index (κ1) is 12.0. The number of nitrogens with one attached hydrogen (secondary N) is 1. The van der Waals surface area contributed by atoms with Crippen LogP contribution in [0.25, 0.3) is 0 Å². The molecule has 0 aromatic carbocycles. The first-order valence-corrected chi connectivity index (χ1v) is 5.74. The van der Waals surface area contributed by atoms with Gasteiger partial charge in [0.15, 0.2) is 0 Å². The molecule has 0 radical (unpaired) electrons. The van der Waals surface area contributed by atoms with E-state index in [1.807, 2.05) is 11.8 Å². The second kappa shape index (κ2) is 5.73. The van der Waals surface area contributed by atoms with E-state index in [4.69, 9.17) is 0 Å². The van der Waals surface area contributed by atoms with Crippen molar-refractivity contribution < 1.29 is 9.59 Å². The van der Waals surface area contributed by atoms with Crippen molar-refractivity contribution in [3.8, 4) is 0 Å². The molecule has 0 aromatic rings. The average Bonchev–Trinajstić information content (AvgIpc) is 2.57. The van der Waals surface area contributed by atoms with Crippen LogP contribution in [0.4, 0.5) is 0 Å². The maximum atomic E-state index is 11.5. The molecule has 1 rings (SSSR count). The molecule has 0 saturated carbocycles. The summed E-state index contributed by atoms with van der Waals surface area (Å²) in [5.74, 6) is 0.0128. The van der Waals surface area contributed by atoms with Crippen molar-refractivity contribution in [1.82, 2.24) is 10.2 Å². The molecule has 1 aliphatic heterocycles. The summed E-state index contributed by atoms with van der Waals surface area (Å²) >= 11 is 0. The van der Waals surface area contributed by atoms with Crippen LogP contribution in [0.5, 0.6) is 0 Å². The van der Waals surface area contributed by atoms with Crippen LogP contribution < -0.4 is 5.32 Å². The number of hydrogen-bond donors (Lipinski definition) is 1. The molecule has 2 amide bonds. The predicted octanol–water partition coefficient (Wildman–Crippen LogP) is 0.771. The fourth-order valence-electron chi connectivity index (χ4n) is 1.83. The number of nitrogens with zero attached hydrogens (tertiary/aromatic N) is 1. The Bertz CT molecular complexity index is 241. The Balaban J connectivity index is 2.41.